The average molecular weight is 361 g/mol. The summed E-state index contributed by atoms with van der Waals surface area (Å²) in [5, 5.41) is 5.54. The van der Waals surface area contributed by atoms with Gasteiger partial charge >= 0.3 is 0 Å². The minimum atomic E-state index is -0.195. The van der Waals surface area contributed by atoms with Gasteiger partial charge in [-0.05, 0) is 42.7 Å². The lowest BCUT2D eigenvalue weighted by atomic mass is 9.75. The monoisotopic (exact) mass is 361 g/mol. The molecule has 26 heavy (non-hydrogen) atoms. The molecule has 2 rings (SSSR count). The van der Waals surface area contributed by atoms with E-state index < -0.39 is 0 Å². The zero-order chi connectivity index (χ0) is 18.9. The molecule has 1 saturated carbocycles. The van der Waals surface area contributed by atoms with E-state index in [9.17, 15) is 9.59 Å². The third kappa shape index (κ3) is 6.41. The number of rotatable bonds is 8. The number of carbonyl (C=O) groups is 2. The minimum Gasteiger partial charge on any atom is -0.368 e. The second kappa shape index (κ2) is 10.3. The Morgan fingerprint density at radius 1 is 1.27 bits per heavy atom. The number of nitrogens with one attached hydrogen (secondary N) is 2. The molecular formula is C20H31N3O3. The number of carbonyl (C=O) groups excluding carboxylic acids is 2. The van der Waals surface area contributed by atoms with Crippen LogP contribution in [0.15, 0.2) is 24.5 Å². The predicted octanol–water partition coefficient (Wildman–Crippen LogP) is 2.40. The number of hydrogen-bond acceptors (Lipinski definition) is 4. The standard InChI is InChI=1S/C20H31N3O3/c1-14(2)17-7-6-15(3)11-18(17)26-13-19(24)22-9-10-23-20(25)16-5-4-8-21-12-16/h4-5,8,12,14-15,17-18H,6-7,9-11,13H2,1-3H3,(H,22,24)(H,23,25). The minimum absolute atomic E-state index is 0.0805. The van der Waals surface area contributed by atoms with Crippen molar-refractivity contribution in [3.63, 3.8) is 0 Å². The van der Waals surface area contributed by atoms with Crippen molar-refractivity contribution in [2.75, 3.05) is 19.7 Å². The highest BCUT2D eigenvalue weighted by Gasteiger charge is 2.31. The van der Waals surface area contributed by atoms with Gasteiger partial charge in [0.2, 0.25) is 5.91 Å². The maximum absolute atomic E-state index is 12.0. The van der Waals surface area contributed by atoms with Crippen molar-refractivity contribution >= 4 is 11.8 Å². The van der Waals surface area contributed by atoms with Gasteiger partial charge in [0.15, 0.2) is 0 Å². The van der Waals surface area contributed by atoms with Gasteiger partial charge in [0.1, 0.15) is 6.61 Å². The summed E-state index contributed by atoms with van der Waals surface area (Å²) in [5.41, 5.74) is 0.508. The maximum atomic E-state index is 12.0. The third-order valence-corrected chi connectivity index (χ3v) is 5.05. The largest absolute Gasteiger partial charge is 0.368 e. The Kier molecular flexibility index (Phi) is 8.04. The second-order valence-corrected chi connectivity index (χ2v) is 7.52. The average Bonchev–Trinajstić information content (AvgIpc) is 2.64. The van der Waals surface area contributed by atoms with Crippen molar-refractivity contribution in [1.29, 1.82) is 0 Å². The fourth-order valence-electron chi connectivity index (χ4n) is 3.52. The highest BCUT2D eigenvalue weighted by Crippen LogP contribution is 2.35. The van der Waals surface area contributed by atoms with Crippen molar-refractivity contribution in [3.05, 3.63) is 30.1 Å². The Labute approximate surface area is 156 Å². The van der Waals surface area contributed by atoms with Crippen LogP contribution in [0.5, 0.6) is 0 Å². The first-order valence-corrected chi connectivity index (χ1v) is 9.54. The fourth-order valence-corrected chi connectivity index (χ4v) is 3.52. The van der Waals surface area contributed by atoms with E-state index in [1.54, 1.807) is 18.3 Å². The molecule has 1 aliphatic rings. The number of amides is 2. The molecule has 1 heterocycles. The van der Waals surface area contributed by atoms with Gasteiger partial charge in [-0.2, -0.15) is 0 Å². The molecule has 144 valence electrons. The van der Waals surface area contributed by atoms with E-state index in [0.29, 0.717) is 36.4 Å². The maximum Gasteiger partial charge on any atom is 0.252 e. The fraction of sp³-hybridized carbons (Fsp3) is 0.650. The molecule has 1 aliphatic carbocycles. The molecule has 0 aromatic carbocycles. The molecule has 6 nitrogen and oxygen atoms in total. The van der Waals surface area contributed by atoms with Gasteiger partial charge < -0.3 is 15.4 Å². The van der Waals surface area contributed by atoms with Crippen molar-refractivity contribution in [2.45, 2.75) is 46.1 Å². The summed E-state index contributed by atoms with van der Waals surface area (Å²) in [4.78, 5) is 27.8. The van der Waals surface area contributed by atoms with E-state index >= 15 is 0 Å². The summed E-state index contributed by atoms with van der Waals surface area (Å²) >= 11 is 0. The number of hydrogen-bond donors (Lipinski definition) is 2. The zero-order valence-corrected chi connectivity index (χ0v) is 16.0. The molecule has 1 aromatic rings. The number of pyridine rings is 1. The lowest BCUT2D eigenvalue weighted by molar-refractivity contribution is -0.131. The number of nitrogens with zero attached hydrogens (tertiary/aromatic N) is 1. The predicted molar refractivity (Wildman–Crippen MR) is 101 cm³/mol. The van der Waals surface area contributed by atoms with Gasteiger partial charge in [0.25, 0.3) is 5.91 Å². The molecule has 0 radical (unpaired) electrons. The summed E-state index contributed by atoms with van der Waals surface area (Å²) in [6.07, 6.45) is 6.73. The van der Waals surface area contributed by atoms with Gasteiger partial charge in [0, 0.05) is 25.5 Å². The van der Waals surface area contributed by atoms with E-state index in [0.717, 1.165) is 6.42 Å². The lowest BCUT2D eigenvalue weighted by Gasteiger charge is -2.37. The number of ether oxygens (including phenoxy) is 1. The molecule has 6 heteroatoms. The lowest BCUT2D eigenvalue weighted by Crippen LogP contribution is -2.39. The second-order valence-electron chi connectivity index (χ2n) is 7.52. The van der Waals surface area contributed by atoms with Crippen LogP contribution < -0.4 is 10.6 Å². The van der Waals surface area contributed by atoms with Crippen LogP contribution in [-0.2, 0) is 9.53 Å². The topological polar surface area (TPSA) is 80.3 Å². The summed E-state index contributed by atoms with van der Waals surface area (Å²) in [7, 11) is 0. The first-order chi connectivity index (χ1) is 12.5. The Morgan fingerprint density at radius 3 is 2.73 bits per heavy atom. The van der Waals surface area contributed by atoms with Gasteiger partial charge in [0.05, 0.1) is 11.7 Å². The van der Waals surface area contributed by atoms with Crippen LogP contribution in [0.4, 0.5) is 0 Å². The van der Waals surface area contributed by atoms with Gasteiger partial charge in [-0.3, -0.25) is 14.6 Å². The SMILES string of the molecule is CC1CCC(C(C)C)C(OCC(=O)NCCNC(=O)c2cccnc2)C1. The smallest absolute Gasteiger partial charge is 0.252 e. The highest BCUT2D eigenvalue weighted by molar-refractivity contribution is 5.93. The van der Waals surface area contributed by atoms with E-state index in [1.165, 1.54) is 19.0 Å². The Hall–Kier alpha value is -1.95. The van der Waals surface area contributed by atoms with Crippen LogP contribution >= 0.6 is 0 Å². The Balaban J connectivity index is 1.64. The van der Waals surface area contributed by atoms with Crippen molar-refractivity contribution in [3.8, 4) is 0 Å². The zero-order valence-electron chi connectivity index (χ0n) is 16.0. The molecule has 1 aromatic heterocycles. The molecule has 3 unspecified atom stereocenters. The molecule has 0 saturated heterocycles. The van der Waals surface area contributed by atoms with Crippen molar-refractivity contribution in [2.24, 2.45) is 17.8 Å². The van der Waals surface area contributed by atoms with E-state index in [1.807, 2.05) is 0 Å². The normalized spacial score (nSPS) is 22.8. The first-order valence-electron chi connectivity index (χ1n) is 9.54. The van der Waals surface area contributed by atoms with E-state index in [4.69, 9.17) is 4.74 Å². The van der Waals surface area contributed by atoms with E-state index in [-0.39, 0.29) is 24.5 Å². The molecule has 3 atom stereocenters. The molecule has 2 N–H and O–H groups in total. The van der Waals surface area contributed by atoms with Crippen LogP contribution in [0.1, 0.15) is 50.4 Å². The summed E-state index contributed by atoms with van der Waals surface area (Å²) in [6.45, 7) is 7.52. The molecule has 0 bridgehead atoms. The Morgan fingerprint density at radius 2 is 2.04 bits per heavy atom. The molecule has 2 amide bonds. The summed E-state index contributed by atoms with van der Waals surface area (Å²) < 4.78 is 5.93. The molecule has 0 aliphatic heterocycles. The van der Waals surface area contributed by atoms with Gasteiger partial charge in [-0.1, -0.05) is 27.2 Å². The Bertz CT molecular complexity index is 577. The summed E-state index contributed by atoms with van der Waals surface area (Å²) in [6, 6.07) is 3.41. The van der Waals surface area contributed by atoms with Crippen LogP contribution in [0.3, 0.4) is 0 Å². The van der Waals surface area contributed by atoms with Crippen LogP contribution in [0.25, 0.3) is 0 Å². The van der Waals surface area contributed by atoms with Gasteiger partial charge in [-0.15, -0.1) is 0 Å². The van der Waals surface area contributed by atoms with Gasteiger partial charge in [-0.25, -0.2) is 0 Å². The molecular weight excluding hydrogens is 330 g/mol. The highest BCUT2D eigenvalue weighted by atomic mass is 16.5. The van der Waals surface area contributed by atoms with E-state index in [2.05, 4.69) is 36.4 Å². The van der Waals surface area contributed by atoms with Crippen LogP contribution in [0, 0.1) is 17.8 Å². The molecule has 0 spiro atoms. The van der Waals surface area contributed by atoms with Crippen LogP contribution in [0.2, 0.25) is 0 Å². The summed E-state index contributed by atoms with van der Waals surface area (Å²) in [5.74, 6) is 1.41. The quantitative estimate of drug-likeness (QED) is 0.697. The van der Waals surface area contributed by atoms with Crippen molar-refractivity contribution < 1.29 is 14.3 Å². The number of aromatic nitrogens is 1. The third-order valence-electron chi connectivity index (χ3n) is 5.05. The van der Waals surface area contributed by atoms with Crippen molar-refractivity contribution in [1.82, 2.24) is 15.6 Å². The molecule has 1 fully saturated rings. The first kappa shape index (κ1) is 20.4. The van der Waals surface area contributed by atoms with Crippen LogP contribution in [-0.4, -0.2) is 42.6 Å².